The summed E-state index contributed by atoms with van der Waals surface area (Å²) in [4.78, 5) is 32.6. The molecule has 30 heavy (non-hydrogen) atoms. The molecule has 0 atom stereocenters. The first-order valence-corrected chi connectivity index (χ1v) is 9.74. The van der Waals surface area contributed by atoms with Gasteiger partial charge in [0.2, 0.25) is 0 Å². The first-order chi connectivity index (χ1) is 14.3. The van der Waals surface area contributed by atoms with Gasteiger partial charge in [0.1, 0.15) is 12.1 Å². The molecule has 0 saturated carbocycles. The lowest BCUT2D eigenvalue weighted by atomic mass is 10.0. The van der Waals surface area contributed by atoms with E-state index in [-0.39, 0.29) is 28.5 Å². The van der Waals surface area contributed by atoms with E-state index >= 15 is 0 Å². The molecule has 2 aromatic rings. The van der Waals surface area contributed by atoms with Crippen molar-refractivity contribution < 1.29 is 15.0 Å². The number of aryl methyl sites for hydroxylation is 1. The highest BCUT2D eigenvalue weighted by atomic mass is 16.6. The maximum atomic E-state index is 11.7. The van der Waals surface area contributed by atoms with Crippen molar-refractivity contribution in [3.05, 3.63) is 55.5 Å². The van der Waals surface area contributed by atoms with Crippen molar-refractivity contribution in [3.8, 4) is 0 Å². The Morgan fingerprint density at radius 2 is 1.90 bits per heavy atom. The molecule has 11 heteroatoms. The van der Waals surface area contributed by atoms with Crippen LogP contribution in [-0.4, -0.2) is 44.1 Å². The van der Waals surface area contributed by atoms with Crippen molar-refractivity contribution in [1.82, 2.24) is 9.97 Å². The van der Waals surface area contributed by atoms with Gasteiger partial charge in [-0.1, -0.05) is 6.92 Å². The molecule has 160 valence electrons. The fraction of sp³-hybridized carbons (Fsp3) is 0.474. The number of aliphatic hydroxyl groups is 1. The number of nitrogens with one attached hydrogen (secondary N) is 1. The Labute approximate surface area is 173 Å². The molecule has 0 amide bonds. The van der Waals surface area contributed by atoms with Crippen molar-refractivity contribution in [2.75, 3.05) is 23.3 Å². The number of aromatic nitrogens is 2. The minimum atomic E-state index is -0.657. The maximum Gasteiger partial charge on any atom is 0.302 e. The van der Waals surface area contributed by atoms with Crippen LogP contribution in [0.4, 0.5) is 22.9 Å². The molecule has 0 unspecified atom stereocenters. The predicted octanol–water partition coefficient (Wildman–Crippen LogP) is 2.74. The molecule has 1 aliphatic heterocycles. The van der Waals surface area contributed by atoms with E-state index < -0.39 is 22.1 Å². The Balaban J connectivity index is 1.82. The molecule has 1 aromatic carbocycles. The van der Waals surface area contributed by atoms with E-state index in [2.05, 4.69) is 20.2 Å². The highest BCUT2D eigenvalue weighted by Crippen LogP contribution is 2.40. The van der Waals surface area contributed by atoms with Crippen molar-refractivity contribution in [2.24, 2.45) is 0 Å². The second-order valence-electron chi connectivity index (χ2n) is 7.20. The number of anilines is 2. The minimum absolute atomic E-state index is 0.103. The standard InChI is InChI=1S/C19H24N6O5/c1-3-14-9-17(21-11-20-14)23-6-4-15(5-7-23)22-18-16(24(27)28)8-13(10-26)12(2)19(18)25(29)30/h8-9,11,15,22,26H,3-7,10H2,1-2H3. The van der Waals surface area contributed by atoms with Gasteiger partial charge in [0.15, 0.2) is 5.69 Å². The van der Waals surface area contributed by atoms with E-state index in [4.69, 9.17) is 0 Å². The molecule has 1 saturated heterocycles. The zero-order chi connectivity index (χ0) is 21.8. The Hall–Kier alpha value is -3.34. The van der Waals surface area contributed by atoms with E-state index in [0.717, 1.165) is 17.9 Å². The third kappa shape index (κ3) is 4.30. The second kappa shape index (κ2) is 8.99. The lowest BCUT2D eigenvalue weighted by molar-refractivity contribution is -0.392. The molecule has 3 rings (SSSR count). The third-order valence-corrected chi connectivity index (χ3v) is 5.43. The summed E-state index contributed by atoms with van der Waals surface area (Å²) >= 11 is 0. The lowest BCUT2D eigenvalue weighted by Gasteiger charge is -2.33. The maximum absolute atomic E-state index is 11.7. The van der Waals surface area contributed by atoms with Gasteiger partial charge < -0.3 is 15.3 Å². The van der Waals surface area contributed by atoms with Gasteiger partial charge in [-0.15, -0.1) is 0 Å². The summed E-state index contributed by atoms with van der Waals surface area (Å²) in [6, 6.07) is 2.98. The van der Waals surface area contributed by atoms with Crippen molar-refractivity contribution in [2.45, 2.75) is 45.8 Å². The molecule has 11 nitrogen and oxygen atoms in total. The molecule has 0 spiro atoms. The van der Waals surface area contributed by atoms with Crippen LogP contribution in [0.15, 0.2) is 18.5 Å². The SMILES string of the molecule is CCc1cc(N2CCC(Nc3c([N+](=O)[O-])cc(CO)c(C)c3[N+](=O)[O-])CC2)ncn1. The molecule has 1 fully saturated rings. The summed E-state index contributed by atoms with van der Waals surface area (Å²) in [5.74, 6) is 0.834. The van der Waals surface area contributed by atoms with E-state index in [9.17, 15) is 25.3 Å². The predicted molar refractivity (Wildman–Crippen MR) is 111 cm³/mol. The van der Waals surface area contributed by atoms with Gasteiger partial charge in [-0.25, -0.2) is 9.97 Å². The van der Waals surface area contributed by atoms with Gasteiger partial charge in [0.05, 0.1) is 16.5 Å². The largest absolute Gasteiger partial charge is 0.392 e. The van der Waals surface area contributed by atoms with Crippen LogP contribution in [0.5, 0.6) is 0 Å². The normalized spacial score (nSPS) is 14.6. The molecule has 0 bridgehead atoms. The summed E-state index contributed by atoms with van der Waals surface area (Å²) in [5, 5.41) is 35.7. The Morgan fingerprint density at radius 3 is 2.47 bits per heavy atom. The van der Waals surface area contributed by atoms with Crippen LogP contribution >= 0.6 is 0 Å². The average molecular weight is 416 g/mol. The monoisotopic (exact) mass is 416 g/mol. The van der Waals surface area contributed by atoms with E-state index in [0.29, 0.717) is 25.9 Å². The smallest absolute Gasteiger partial charge is 0.302 e. The molecule has 2 N–H and O–H groups in total. The highest BCUT2D eigenvalue weighted by Gasteiger charge is 2.32. The number of nitro groups is 2. The summed E-state index contributed by atoms with van der Waals surface area (Å²) in [5.41, 5.74) is 0.478. The van der Waals surface area contributed by atoms with Crippen molar-refractivity contribution in [1.29, 1.82) is 0 Å². The first-order valence-electron chi connectivity index (χ1n) is 9.74. The quantitative estimate of drug-likeness (QED) is 0.513. The van der Waals surface area contributed by atoms with Gasteiger partial charge >= 0.3 is 5.69 Å². The highest BCUT2D eigenvalue weighted by molar-refractivity contribution is 5.78. The number of piperidine rings is 1. The number of rotatable bonds is 7. The van der Waals surface area contributed by atoms with Gasteiger partial charge in [-0.3, -0.25) is 20.2 Å². The third-order valence-electron chi connectivity index (χ3n) is 5.43. The van der Waals surface area contributed by atoms with Crippen LogP contribution in [-0.2, 0) is 13.0 Å². The van der Waals surface area contributed by atoms with Crippen LogP contribution in [0, 0.1) is 27.2 Å². The van der Waals surface area contributed by atoms with E-state index in [1.165, 1.54) is 19.3 Å². The van der Waals surface area contributed by atoms with Crippen LogP contribution in [0.3, 0.4) is 0 Å². The van der Waals surface area contributed by atoms with Crippen molar-refractivity contribution in [3.63, 3.8) is 0 Å². The molecule has 1 aromatic heterocycles. The van der Waals surface area contributed by atoms with Gasteiger partial charge in [0, 0.05) is 42.5 Å². The van der Waals surface area contributed by atoms with Crippen LogP contribution in [0.1, 0.15) is 36.6 Å². The zero-order valence-electron chi connectivity index (χ0n) is 16.9. The Morgan fingerprint density at radius 1 is 1.20 bits per heavy atom. The van der Waals surface area contributed by atoms with Crippen LogP contribution in [0.25, 0.3) is 0 Å². The second-order valence-corrected chi connectivity index (χ2v) is 7.20. The Kier molecular flexibility index (Phi) is 6.40. The van der Waals surface area contributed by atoms with E-state index in [1.54, 1.807) is 0 Å². The van der Waals surface area contributed by atoms with Gasteiger partial charge in [-0.05, 0) is 31.7 Å². The summed E-state index contributed by atoms with van der Waals surface area (Å²) < 4.78 is 0. The number of hydrogen-bond donors (Lipinski definition) is 2. The number of hydrogen-bond acceptors (Lipinski definition) is 9. The molecule has 2 heterocycles. The number of aliphatic hydroxyl groups excluding tert-OH is 1. The first kappa shape index (κ1) is 21.4. The molecular weight excluding hydrogens is 392 g/mol. The molecular formula is C19H24N6O5. The topological polar surface area (TPSA) is 148 Å². The molecule has 0 aliphatic carbocycles. The fourth-order valence-electron chi connectivity index (χ4n) is 3.69. The molecule has 0 radical (unpaired) electrons. The number of benzene rings is 1. The number of nitro benzene ring substituents is 2. The summed E-state index contributed by atoms with van der Waals surface area (Å²) in [7, 11) is 0. The zero-order valence-corrected chi connectivity index (χ0v) is 16.9. The van der Waals surface area contributed by atoms with Crippen LogP contribution < -0.4 is 10.2 Å². The van der Waals surface area contributed by atoms with Gasteiger partial charge in [-0.2, -0.15) is 0 Å². The van der Waals surface area contributed by atoms with E-state index in [1.807, 2.05) is 13.0 Å². The fourth-order valence-corrected chi connectivity index (χ4v) is 3.69. The minimum Gasteiger partial charge on any atom is -0.392 e. The van der Waals surface area contributed by atoms with Crippen molar-refractivity contribution >= 4 is 22.9 Å². The van der Waals surface area contributed by atoms with Crippen LogP contribution in [0.2, 0.25) is 0 Å². The van der Waals surface area contributed by atoms with Gasteiger partial charge in [0.25, 0.3) is 5.69 Å². The lowest BCUT2D eigenvalue weighted by Crippen LogP contribution is -2.39. The Bertz CT molecular complexity index is 959. The average Bonchev–Trinajstić information content (AvgIpc) is 2.74. The molecule has 1 aliphatic rings. The number of nitrogens with zero attached hydrogens (tertiary/aromatic N) is 5. The summed E-state index contributed by atoms with van der Waals surface area (Å²) in [6.45, 7) is 4.32. The summed E-state index contributed by atoms with van der Waals surface area (Å²) in [6.07, 6.45) is 3.63.